The third kappa shape index (κ3) is 3.72. The van der Waals surface area contributed by atoms with Gasteiger partial charge in [0.1, 0.15) is 0 Å². The van der Waals surface area contributed by atoms with Crippen LogP contribution in [0, 0.1) is 0 Å². The number of carbonyl (C=O) groups excluding carboxylic acids is 1. The van der Waals surface area contributed by atoms with Crippen molar-refractivity contribution in [3.8, 4) is 0 Å². The molecule has 0 fully saturated rings. The number of allylic oxidation sites excluding steroid dienone is 2. The van der Waals surface area contributed by atoms with E-state index in [1.165, 1.54) is 29.5 Å². The minimum Gasteiger partial charge on any atom is -0.466 e. The summed E-state index contributed by atoms with van der Waals surface area (Å²) >= 11 is 0. The molecule has 3 nitrogen and oxygen atoms in total. The van der Waals surface area contributed by atoms with Gasteiger partial charge in [0.25, 0.3) is 0 Å². The fraction of sp³-hybridized carbons (Fsp3) is 0.118. The maximum absolute atomic E-state index is 10.8. The summed E-state index contributed by atoms with van der Waals surface area (Å²) in [4.78, 5) is 10.8. The van der Waals surface area contributed by atoms with E-state index in [1.54, 1.807) is 18.4 Å². The average molecular weight is 267 g/mol. The Balaban J connectivity index is 1.95. The van der Waals surface area contributed by atoms with E-state index in [0.29, 0.717) is 0 Å². The number of ether oxygens (including phenoxy) is 1. The molecule has 0 heterocycles. The van der Waals surface area contributed by atoms with Crippen molar-refractivity contribution in [2.75, 3.05) is 7.11 Å². The van der Waals surface area contributed by atoms with Crippen LogP contribution < -0.4 is 5.32 Å². The van der Waals surface area contributed by atoms with Crippen molar-refractivity contribution in [1.29, 1.82) is 0 Å². The van der Waals surface area contributed by atoms with Gasteiger partial charge in [-0.2, -0.15) is 0 Å². The van der Waals surface area contributed by atoms with E-state index in [1.807, 2.05) is 12.1 Å². The largest absolute Gasteiger partial charge is 0.466 e. The van der Waals surface area contributed by atoms with Crippen molar-refractivity contribution in [2.45, 2.75) is 6.54 Å². The number of hydrogen-bond acceptors (Lipinski definition) is 3. The molecule has 0 aliphatic heterocycles. The fourth-order valence-corrected chi connectivity index (χ4v) is 1.94. The van der Waals surface area contributed by atoms with Gasteiger partial charge in [-0.25, -0.2) is 4.79 Å². The van der Waals surface area contributed by atoms with Crippen LogP contribution in [0.15, 0.2) is 66.9 Å². The number of hydrogen-bond donors (Lipinski definition) is 1. The molecule has 2 aromatic rings. The fourth-order valence-electron chi connectivity index (χ4n) is 1.94. The first-order valence-corrected chi connectivity index (χ1v) is 6.42. The van der Waals surface area contributed by atoms with Crippen LogP contribution in [0.5, 0.6) is 0 Å². The zero-order valence-corrected chi connectivity index (χ0v) is 11.4. The molecule has 0 bridgehead atoms. The van der Waals surface area contributed by atoms with E-state index in [-0.39, 0.29) is 5.97 Å². The second kappa shape index (κ2) is 7.14. The Bertz CT molecular complexity index is 639. The summed E-state index contributed by atoms with van der Waals surface area (Å²) in [6.45, 7) is 0.740. The molecule has 3 heteroatoms. The van der Waals surface area contributed by atoms with Crippen molar-refractivity contribution in [2.24, 2.45) is 0 Å². The second-order valence-electron chi connectivity index (χ2n) is 4.26. The third-order valence-electron chi connectivity index (χ3n) is 2.93. The molecule has 0 aliphatic carbocycles. The number of nitrogens with one attached hydrogen (secondary N) is 1. The van der Waals surface area contributed by atoms with E-state index in [2.05, 4.69) is 40.4 Å². The lowest BCUT2D eigenvalue weighted by Crippen LogP contribution is -2.04. The van der Waals surface area contributed by atoms with Crippen molar-refractivity contribution < 1.29 is 9.53 Å². The quantitative estimate of drug-likeness (QED) is 0.513. The monoisotopic (exact) mass is 267 g/mol. The highest BCUT2D eigenvalue weighted by molar-refractivity contribution is 5.85. The summed E-state index contributed by atoms with van der Waals surface area (Å²) in [6.07, 6.45) is 6.58. The summed E-state index contributed by atoms with van der Waals surface area (Å²) in [5, 5.41) is 5.69. The molecule has 2 rings (SSSR count). The molecule has 0 saturated carbocycles. The Hall–Kier alpha value is -2.55. The van der Waals surface area contributed by atoms with Crippen molar-refractivity contribution in [1.82, 2.24) is 5.32 Å². The van der Waals surface area contributed by atoms with Gasteiger partial charge in [0, 0.05) is 12.6 Å². The van der Waals surface area contributed by atoms with Crippen LogP contribution in [0.3, 0.4) is 0 Å². The second-order valence-corrected chi connectivity index (χ2v) is 4.26. The van der Waals surface area contributed by atoms with Gasteiger partial charge >= 0.3 is 5.97 Å². The van der Waals surface area contributed by atoms with E-state index in [9.17, 15) is 4.79 Å². The smallest absolute Gasteiger partial charge is 0.330 e. The number of fused-ring (bicyclic) bond motifs is 1. The van der Waals surface area contributed by atoms with Crippen LogP contribution in [0.4, 0.5) is 0 Å². The Morgan fingerprint density at radius 2 is 1.95 bits per heavy atom. The van der Waals surface area contributed by atoms with Crippen molar-refractivity contribution >= 4 is 16.7 Å². The lowest BCUT2D eigenvalue weighted by Gasteiger charge is -2.06. The molecule has 0 aromatic heterocycles. The summed E-state index contributed by atoms with van der Waals surface area (Å²) in [5.74, 6) is -0.358. The van der Waals surface area contributed by atoms with Gasteiger partial charge < -0.3 is 10.1 Å². The molecule has 0 saturated heterocycles. The summed E-state index contributed by atoms with van der Waals surface area (Å²) in [5.41, 5.74) is 1.24. The first-order chi connectivity index (χ1) is 9.81. The van der Waals surface area contributed by atoms with Gasteiger partial charge in [0.2, 0.25) is 0 Å². The molecule has 102 valence electrons. The van der Waals surface area contributed by atoms with Gasteiger partial charge in [-0.1, -0.05) is 48.5 Å². The molecule has 0 atom stereocenters. The topological polar surface area (TPSA) is 38.3 Å². The zero-order chi connectivity index (χ0) is 14.2. The van der Waals surface area contributed by atoms with Crippen LogP contribution in [-0.4, -0.2) is 13.1 Å². The molecule has 0 radical (unpaired) electrons. The molecule has 0 spiro atoms. The number of esters is 1. The standard InChI is InChI=1S/C17H17NO2/c1-20-17(19)11-4-5-12-18-13-15-9-6-8-14-7-2-3-10-16(14)15/h2-12,18H,13H2,1H3/b11-4+,12-5+. The van der Waals surface area contributed by atoms with Crippen LogP contribution in [0.25, 0.3) is 10.8 Å². The lowest BCUT2D eigenvalue weighted by atomic mass is 10.0. The van der Waals surface area contributed by atoms with Crippen LogP contribution in [0.1, 0.15) is 5.56 Å². The van der Waals surface area contributed by atoms with Gasteiger partial charge in [-0.15, -0.1) is 0 Å². The molecule has 1 N–H and O–H groups in total. The van der Waals surface area contributed by atoms with Crippen LogP contribution >= 0.6 is 0 Å². The SMILES string of the molecule is COC(=O)/C=C/C=C/NCc1cccc2ccccc12. The van der Waals surface area contributed by atoms with Gasteiger partial charge in [-0.05, 0) is 28.6 Å². The highest BCUT2D eigenvalue weighted by Gasteiger charge is 1.97. The van der Waals surface area contributed by atoms with E-state index in [0.717, 1.165) is 6.54 Å². The molecule has 0 unspecified atom stereocenters. The van der Waals surface area contributed by atoms with Crippen molar-refractivity contribution in [3.05, 3.63) is 72.5 Å². The zero-order valence-electron chi connectivity index (χ0n) is 11.4. The minimum absolute atomic E-state index is 0.358. The highest BCUT2D eigenvalue weighted by Crippen LogP contribution is 2.18. The van der Waals surface area contributed by atoms with E-state index in [4.69, 9.17) is 0 Å². The predicted molar refractivity (Wildman–Crippen MR) is 81.1 cm³/mol. The van der Waals surface area contributed by atoms with Crippen molar-refractivity contribution in [3.63, 3.8) is 0 Å². The van der Waals surface area contributed by atoms with Gasteiger partial charge in [-0.3, -0.25) is 0 Å². The molecule has 0 amide bonds. The first-order valence-electron chi connectivity index (χ1n) is 6.42. The normalized spacial score (nSPS) is 11.2. The molecular formula is C17H17NO2. The maximum atomic E-state index is 10.8. The lowest BCUT2D eigenvalue weighted by molar-refractivity contribution is -0.134. The Labute approximate surface area is 118 Å². The summed E-state index contributed by atoms with van der Waals surface area (Å²) in [7, 11) is 1.36. The van der Waals surface area contributed by atoms with E-state index >= 15 is 0 Å². The number of carbonyl (C=O) groups is 1. The van der Waals surface area contributed by atoms with Gasteiger partial charge in [0.05, 0.1) is 7.11 Å². The van der Waals surface area contributed by atoms with Gasteiger partial charge in [0.15, 0.2) is 0 Å². The summed E-state index contributed by atoms with van der Waals surface area (Å²) in [6, 6.07) is 14.6. The minimum atomic E-state index is -0.358. The van der Waals surface area contributed by atoms with Crippen LogP contribution in [-0.2, 0) is 16.1 Å². The molecular weight excluding hydrogens is 250 g/mol. The Morgan fingerprint density at radius 3 is 2.80 bits per heavy atom. The summed E-state index contributed by atoms with van der Waals surface area (Å²) < 4.78 is 4.49. The number of methoxy groups -OCH3 is 1. The molecule has 20 heavy (non-hydrogen) atoms. The highest BCUT2D eigenvalue weighted by atomic mass is 16.5. The van der Waals surface area contributed by atoms with Crippen LogP contribution in [0.2, 0.25) is 0 Å². The average Bonchev–Trinajstić information content (AvgIpc) is 2.50. The predicted octanol–water partition coefficient (Wildman–Crippen LogP) is 3.17. The number of benzene rings is 2. The molecule has 2 aromatic carbocycles. The third-order valence-corrected chi connectivity index (χ3v) is 2.93. The first kappa shape index (κ1) is 13.9. The molecule has 0 aliphatic rings. The Morgan fingerprint density at radius 1 is 1.15 bits per heavy atom. The maximum Gasteiger partial charge on any atom is 0.330 e. The van der Waals surface area contributed by atoms with E-state index < -0.39 is 0 Å². The Kier molecular flexibility index (Phi) is 4.95. The number of rotatable bonds is 5.